The van der Waals surface area contributed by atoms with Crippen molar-refractivity contribution in [3.05, 3.63) is 0 Å². The number of hydrogen-bond acceptors (Lipinski definition) is 9. The Bertz CT molecular complexity index is 675. The second kappa shape index (κ2) is 13.3. The summed E-state index contributed by atoms with van der Waals surface area (Å²) in [6.45, 7) is -0.908. The maximum atomic E-state index is 12.4. The van der Waals surface area contributed by atoms with Gasteiger partial charge in [-0.2, -0.15) is 12.6 Å². The average Bonchev–Trinajstić information content (AvgIpc) is 2.66. The first kappa shape index (κ1) is 27.1. The lowest BCUT2D eigenvalue weighted by molar-refractivity contribution is -0.144. The lowest BCUT2D eigenvalue weighted by atomic mass is 10.1. The quantitative estimate of drug-likeness (QED) is 0.114. The number of aliphatic hydroxyl groups excluding tert-OH is 1. The number of carbonyl (C=O) groups excluding carboxylic acids is 4. The number of primary amides is 1. The van der Waals surface area contributed by atoms with Gasteiger partial charge in [-0.05, 0) is 6.42 Å². The zero-order chi connectivity index (χ0) is 23.4. The van der Waals surface area contributed by atoms with Crippen LogP contribution in [0.25, 0.3) is 0 Å². The fourth-order valence-corrected chi connectivity index (χ4v) is 2.27. The molecule has 15 heteroatoms. The van der Waals surface area contributed by atoms with Crippen molar-refractivity contribution >= 4 is 48.2 Å². The molecule has 0 fully saturated rings. The highest BCUT2D eigenvalue weighted by atomic mass is 32.1. The summed E-state index contributed by atoms with van der Waals surface area (Å²) >= 11 is 3.87. The zero-order valence-electron chi connectivity index (χ0n) is 15.7. The Kier molecular flexibility index (Phi) is 12.0. The third kappa shape index (κ3) is 10.0. The predicted molar refractivity (Wildman–Crippen MR) is 103 cm³/mol. The first-order valence-electron chi connectivity index (χ1n) is 8.54. The molecule has 4 amide bonds. The van der Waals surface area contributed by atoms with Gasteiger partial charge in [-0.3, -0.25) is 24.0 Å². The van der Waals surface area contributed by atoms with Crippen molar-refractivity contribution in [2.45, 2.75) is 43.4 Å². The number of nitrogens with one attached hydrogen (secondary N) is 3. The van der Waals surface area contributed by atoms with Crippen LogP contribution in [-0.4, -0.2) is 87.4 Å². The van der Waals surface area contributed by atoms with Crippen molar-refractivity contribution in [2.24, 2.45) is 11.5 Å². The molecule has 0 aromatic carbocycles. The third-order valence-corrected chi connectivity index (χ3v) is 4.03. The molecule has 0 aliphatic rings. The third-order valence-electron chi connectivity index (χ3n) is 3.66. The van der Waals surface area contributed by atoms with Crippen LogP contribution in [0.15, 0.2) is 0 Å². The zero-order valence-corrected chi connectivity index (χ0v) is 16.6. The molecule has 4 atom stereocenters. The molecule has 170 valence electrons. The normalized spacial score (nSPS) is 14.5. The summed E-state index contributed by atoms with van der Waals surface area (Å²) in [5.74, 6) is -6.97. The van der Waals surface area contributed by atoms with Crippen LogP contribution < -0.4 is 27.4 Å². The number of carboxylic acid groups (broad SMARTS) is 2. The summed E-state index contributed by atoms with van der Waals surface area (Å²) in [6, 6.07) is -5.90. The Morgan fingerprint density at radius 1 is 0.867 bits per heavy atom. The van der Waals surface area contributed by atoms with E-state index in [1.165, 1.54) is 0 Å². The van der Waals surface area contributed by atoms with E-state index in [0.717, 1.165) is 0 Å². The molecule has 0 rings (SSSR count). The molecule has 0 bridgehead atoms. The van der Waals surface area contributed by atoms with Gasteiger partial charge in [0.15, 0.2) is 0 Å². The van der Waals surface area contributed by atoms with Gasteiger partial charge in [-0.1, -0.05) is 0 Å². The van der Waals surface area contributed by atoms with E-state index in [4.69, 9.17) is 26.8 Å². The Morgan fingerprint density at radius 2 is 1.37 bits per heavy atom. The fraction of sp³-hybridized carbons (Fsp3) is 0.600. The number of amides is 4. The van der Waals surface area contributed by atoms with E-state index in [9.17, 15) is 28.8 Å². The van der Waals surface area contributed by atoms with Gasteiger partial charge in [0.25, 0.3) is 0 Å². The van der Waals surface area contributed by atoms with Crippen LogP contribution in [0.1, 0.15) is 19.3 Å². The molecule has 10 N–H and O–H groups in total. The molecule has 0 saturated heterocycles. The SMILES string of the molecule is NC(=O)CCC(N)C(=O)NC(CC(=O)O)C(=O)NC(CS)C(=O)NC(CO)C(=O)O. The number of aliphatic carboxylic acids is 2. The number of aliphatic hydroxyl groups is 1. The van der Waals surface area contributed by atoms with E-state index in [1.54, 1.807) is 0 Å². The molecule has 0 saturated carbocycles. The maximum Gasteiger partial charge on any atom is 0.328 e. The lowest BCUT2D eigenvalue weighted by Crippen LogP contribution is -2.58. The largest absolute Gasteiger partial charge is 0.481 e. The van der Waals surface area contributed by atoms with Crippen molar-refractivity contribution in [3.8, 4) is 0 Å². The molecule has 0 aliphatic carbocycles. The van der Waals surface area contributed by atoms with Crippen molar-refractivity contribution in [1.29, 1.82) is 0 Å². The minimum Gasteiger partial charge on any atom is -0.481 e. The first-order chi connectivity index (χ1) is 13.9. The molecule has 0 spiro atoms. The minimum absolute atomic E-state index is 0.137. The van der Waals surface area contributed by atoms with E-state index in [1.807, 2.05) is 5.32 Å². The van der Waals surface area contributed by atoms with Crippen LogP contribution in [0.4, 0.5) is 0 Å². The van der Waals surface area contributed by atoms with Gasteiger partial charge in [-0.15, -0.1) is 0 Å². The Labute approximate surface area is 176 Å². The summed E-state index contributed by atoms with van der Waals surface area (Å²) in [5, 5.41) is 33.0. The molecule has 14 nitrogen and oxygen atoms in total. The van der Waals surface area contributed by atoms with Gasteiger partial charge in [0.2, 0.25) is 23.6 Å². The average molecular weight is 451 g/mol. The molecule has 4 unspecified atom stereocenters. The molecule has 0 aliphatic heterocycles. The molecular formula is C15H25N5O9S. The number of hydrogen-bond donors (Lipinski definition) is 9. The topological polar surface area (TPSA) is 251 Å². The number of rotatable bonds is 14. The predicted octanol–water partition coefficient (Wildman–Crippen LogP) is -4.48. The monoisotopic (exact) mass is 451 g/mol. The Morgan fingerprint density at radius 3 is 1.80 bits per heavy atom. The van der Waals surface area contributed by atoms with E-state index in [2.05, 4.69) is 23.3 Å². The van der Waals surface area contributed by atoms with Gasteiger partial charge in [0.05, 0.1) is 19.1 Å². The van der Waals surface area contributed by atoms with Crippen LogP contribution in [0.2, 0.25) is 0 Å². The van der Waals surface area contributed by atoms with Crippen molar-refractivity contribution in [3.63, 3.8) is 0 Å². The van der Waals surface area contributed by atoms with Crippen LogP contribution in [-0.2, 0) is 28.8 Å². The minimum atomic E-state index is -1.63. The van der Waals surface area contributed by atoms with Crippen LogP contribution >= 0.6 is 12.6 Å². The summed E-state index contributed by atoms with van der Waals surface area (Å²) in [4.78, 5) is 69.2. The van der Waals surface area contributed by atoms with Gasteiger partial charge < -0.3 is 42.7 Å². The second-order valence-electron chi connectivity index (χ2n) is 6.10. The van der Waals surface area contributed by atoms with Crippen molar-refractivity contribution in [1.82, 2.24) is 16.0 Å². The number of nitrogens with two attached hydrogens (primary N) is 2. The molecule has 0 aromatic rings. The summed E-state index contributed by atoms with van der Waals surface area (Å²) in [7, 11) is 0. The highest BCUT2D eigenvalue weighted by Gasteiger charge is 2.30. The van der Waals surface area contributed by atoms with Gasteiger partial charge in [0, 0.05) is 12.2 Å². The van der Waals surface area contributed by atoms with E-state index in [0.29, 0.717) is 0 Å². The summed E-state index contributed by atoms with van der Waals surface area (Å²) in [5.41, 5.74) is 10.5. The maximum absolute atomic E-state index is 12.4. The number of carbonyl (C=O) groups is 6. The number of thiol groups is 1. The Hall–Kier alpha value is -2.91. The van der Waals surface area contributed by atoms with Crippen LogP contribution in [0, 0.1) is 0 Å². The van der Waals surface area contributed by atoms with Crippen LogP contribution in [0.5, 0.6) is 0 Å². The highest BCUT2D eigenvalue weighted by molar-refractivity contribution is 7.80. The Balaban J connectivity index is 5.16. The first-order valence-corrected chi connectivity index (χ1v) is 9.17. The van der Waals surface area contributed by atoms with Crippen molar-refractivity contribution in [2.75, 3.05) is 12.4 Å². The molecule has 0 radical (unpaired) electrons. The molecule has 0 aromatic heterocycles. The fourth-order valence-electron chi connectivity index (χ4n) is 2.02. The van der Waals surface area contributed by atoms with E-state index >= 15 is 0 Å². The second-order valence-corrected chi connectivity index (χ2v) is 6.46. The van der Waals surface area contributed by atoms with Crippen LogP contribution in [0.3, 0.4) is 0 Å². The highest BCUT2D eigenvalue weighted by Crippen LogP contribution is 2.00. The number of carboxylic acids is 2. The molecule has 0 heterocycles. The smallest absolute Gasteiger partial charge is 0.328 e. The van der Waals surface area contributed by atoms with Gasteiger partial charge >= 0.3 is 11.9 Å². The van der Waals surface area contributed by atoms with E-state index in [-0.39, 0.29) is 18.6 Å². The van der Waals surface area contributed by atoms with Gasteiger partial charge in [0.1, 0.15) is 18.1 Å². The molecule has 30 heavy (non-hydrogen) atoms. The van der Waals surface area contributed by atoms with Gasteiger partial charge in [-0.25, -0.2) is 4.79 Å². The van der Waals surface area contributed by atoms with Crippen molar-refractivity contribution < 1.29 is 44.1 Å². The van der Waals surface area contributed by atoms with E-state index < -0.39 is 72.8 Å². The molecular weight excluding hydrogens is 426 g/mol. The summed E-state index contributed by atoms with van der Waals surface area (Å²) < 4.78 is 0. The summed E-state index contributed by atoms with van der Waals surface area (Å²) in [6.07, 6.45) is -1.20. The lowest BCUT2D eigenvalue weighted by Gasteiger charge is -2.23. The standard InChI is InChI=1S/C15H25N5O9S/c16-6(1-2-10(17)22)12(25)18-7(3-11(23)24)13(26)20-9(5-30)14(27)19-8(4-21)15(28)29/h6-9,21,30H,1-5,16H2,(H2,17,22)(H,18,25)(H,19,27)(H,20,26)(H,23,24)(H,28,29).